The number of fused-ring (bicyclic) bond motifs is 1. The molecule has 0 aliphatic carbocycles. The molecule has 1 N–H and O–H groups in total. The third-order valence-electron chi connectivity index (χ3n) is 5.75. The fourth-order valence-corrected chi connectivity index (χ4v) is 6.38. The van der Waals surface area contributed by atoms with Gasteiger partial charge in [-0.1, -0.05) is 42.5 Å². The Bertz CT molecular complexity index is 1530. The first-order valence-corrected chi connectivity index (χ1v) is 13.6. The summed E-state index contributed by atoms with van der Waals surface area (Å²) >= 11 is 1.08. The lowest BCUT2D eigenvalue weighted by Gasteiger charge is -2.30. The first kappa shape index (κ1) is 23.8. The van der Waals surface area contributed by atoms with Crippen molar-refractivity contribution in [1.82, 2.24) is 0 Å². The molecular weight excluding hydrogens is 496 g/mol. The SMILES string of the molecule is O=C(Nc1ccc(C(=O)Oc2ccccc2)s1)c1cccc(S(=O)(=O)N2CCCc3ccccc32)c1. The summed E-state index contributed by atoms with van der Waals surface area (Å²) < 4.78 is 33.6. The number of nitrogens with zero attached hydrogens (tertiary/aromatic N) is 1. The Hall–Kier alpha value is -3.95. The molecule has 0 unspecified atom stereocenters. The van der Waals surface area contributed by atoms with E-state index < -0.39 is 21.9 Å². The highest BCUT2D eigenvalue weighted by Crippen LogP contribution is 2.32. The molecule has 182 valence electrons. The van der Waals surface area contributed by atoms with Crippen molar-refractivity contribution in [3.63, 3.8) is 0 Å². The van der Waals surface area contributed by atoms with Crippen LogP contribution in [0.4, 0.5) is 10.7 Å². The van der Waals surface area contributed by atoms with E-state index in [0.717, 1.165) is 29.7 Å². The number of carbonyl (C=O) groups excluding carboxylic acids is 2. The topological polar surface area (TPSA) is 92.8 Å². The first-order chi connectivity index (χ1) is 17.4. The number of sulfonamides is 1. The van der Waals surface area contributed by atoms with Crippen LogP contribution < -0.4 is 14.4 Å². The van der Waals surface area contributed by atoms with E-state index in [9.17, 15) is 18.0 Å². The zero-order valence-electron chi connectivity index (χ0n) is 19.1. The number of thiophene rings is 1. The number of benzene rings is 3. The minimum Gasteiger partial charge on any atom is -0.422 e. The fourth-order valence-electron chi connectivity index (χ4n) is 4.02. The number of aryl methyl sites for hydroxylation is 1. The van der Waals surface area contributed by atoms with Crippen molar-refractivity contribution >= 4 is 43.9 Å². The summed E-state index contributed by atoms with van der Waals surface area (Å²) in [5.41, 5.74) is 1.86. The molecule has 3 aromatic carbocycles. The Morgan fingerprint density at radius 3 is 2.50 bits per heavy atom. The highest BCUT2D eigenvalue weighted by atomic mass is 32.2. The average molecular weight is 519 g/mol. The smallest absolute Gasteiger partial charge is 0.353 e. The third kappa shape index (κ3) is 4.89. The van der Waals surface area contributed by atoms with Gasteiger partial charge in [-0.2, -0.15) is 0 Å². The van der Waals surface area contributed by atoms with Crippen molar-refractivity contribution in [3.05, 3.63) is 107 Å². The molecule has 0 bridgehead atoms. The average Bonchev–Trinajstić information content (AvgIpc) is 3.37. The lowest BCUT2D eigenvalue weighted by atomic mass is 10.0. The second kappa shape index (κ2) is 9.96. The summed E-state index contributed by atoms with van der Waals surface area (Å²) in [5, 5.41) is 3.18. The summed E-state index contributed by atoms with van der Waals surface area (Å²) in [4.78, 5) is 25.7. The largest absolute Gasteiger partial charge is 0.422 e. The maximum Gasteiger partial charge on any atom is 0.353 e. The van der Waals surface area contributed by atoms with Gasteiger partial charge in [0.15, 0.2) is 0 Å². The highest BCUT2D eigenvalue weighted by Gasteiger charge is 2.29. The molecule has 1 aromatic heterocycles. The Kier molecular flexibility index (Phi) is 6.58. The van der Waals surface area contributed by atoms with E-state index in [-0.39, 0.29) is 10.5 Å². The van der Waals surface area contributed by atoms with Crippen molar-refractivity contribution in [2.24, 2.45) is 0 Å². The van der Waals surface area contributed by atoms with Crippen LogP contribution in [0.15, 0.2) is 95.9 Å². The predicted molar refractivity (Wildman–Crippen MR) is 139 cm³/mol. The first-order valence-electron chi connectivity index (χ1n) is 11.3. The number of esters is 1. The lowest BCUT2D eigenvalue weighted by molar-refractivity contribution is 0.0739. The molecule has 0 atom stereocenters. The Morgan fingerprint density at radius 1 is 0.889 bits per heavy atom. The molecule has 0 fully saturated rings. The van der Waals surface area contributed by atoms with E-state index in [1.165, 1.54) is 16.4 Å². The zero-order valence-corrected chi connectivity index (χ0v) is 20.7. The minimum atomic E-state index is -3.85. The van der Waals surface area contributed by atoms with Gasteiger partial charge in [0, 0.05) is 12.1 Å². The van der Waals surface area contributed by atoms with Gasteiger partial charge >= 0.3 is 5.97 Å². The molecule has 1 amide bonds. The standard InChI is InChI=1S/C27H22N2O5S2/c30-26(28-25-16-15-24(35-25)27(31)34-21-11-2-1-3-12-21)20-9-6-13-22(18-20)36(32,33)29-17-7-10-19-8-4-5-14-23(19)29/h1-6,8-9,11-16,18H,7,10,17H2,(H,28,30). The molecule has 1 aliphatic heterocycles. The maximum atomic E-state index is 13.5. The van der Waals surface area contributed by atoms with Gasteiger partial charge < -0.3 is 10.1 Å². The number of ether oxygens (including phenoxy) is 1. The number of hydrogen-bond donors (Lipinski definition) is 1. The van der Waals surface area contributed by atoms with Gasteiger partial charge in [-0.15, -0.1) is 11.3 Å². The van der Waals surface area contributed by atoms with E-state index >= 15 is 0 Å². The van der Waals surface area contributed by atoms with Gasteiger partial charge in [0.1, 0.15) is 10.6 Å². The van der Waals surface area contributed by atoms with Gasteiger partial charge in [-0.3, -0.25) is 9.10 Å². The number of rotatable bonds is 6. The summed E-state index contributed by atoms with van der Waals surface area (Å²) in [6, 6.07) is 25.3. The van der Waals surface area contributed by atoms with Crippen LogP contribution in [0.1, 0.15) is 32.0 Å². The molecule has 0 saturated carbocycles. The Morgan fingerprint density at radius 2 is 1.67 bits per heavy atom. The second-order valence-corrected chi connectivity index (χ2v) is 11.1. The van der Waals surface area contributed by atoms with E-state index in [0.29, 0.717) is 27.9 Å². The van der Waals surface area contributed by atoms with Crippen molar-refractivity contribution in [1.29, 1.82) is 0 Å². The van der Waals surface area contributed by atoms with E-state index in [2.05, 4.69) is 5.32 Å². The monoisotopic (exact) mass is 518 g/mol. The number of carbonyl (C=O) groups is 2. The normalized spacial score (nSPS) is 13.1. The van der Waals surface area contributed by atoms with E-state index in [1.807, 2.05) is 24.3 Å². The third-order valence-corrected chi connectivity index (χ3v) is 8.54. The molecule has 0 radical (unpaired) electrons. The van der Waals surface area contributed by atoms with Crippen molar-refractivity contribution in [3.8, 4) is 5.75 Å². The Labute approximate surface area is 213 Å². The molecule has 0 saturated heterocycles. The number of hydrogen-bond acceptors (Lipinski definition) is 6. The predicted octanol–water partition coefficient (Wildman–Crippen LogP) is 5.36. The lowest BCUT2D eigenvalue weighted by Crippen LogP contribution is -2.35. The zero-order chi connectivity index (χ0) is 25.1. The fraction of sp³-hybridized carbons (Fsp3) is 0.111. The van der Waals surface area contributed by atoms with Crippen LogP contribution in [0.5, 0.6) is 5.75 Å². The van der Waals surface area contributed by atoms with Crippen LogP contribution in [0.3, 0.4) is 0 Å². The van der Waals surface area contributed by atoms with Crippen molar-refractivity contribution < 1.29 is 22.7 Å². The quantitative estimate of drug-likeness (QED) is 0.274. The molecule has 9 heteroatoms. The molecule has 4 aromatic rings. The molecular formula is C27H22N2O5S2. The van der Waals surface area contributed by atoms with Crippen LogP contribution in [0, 0.1) is 0 Å². The molecule has 36 heavy (non-hydrogen) atoms. The maximum absolute atomic E-state index is 13.5. The van der Waals surface area contributed by atoms with Gasteiger partial charge in [-0.05, 0) is 66.9 Å². The van der Waals surface area contributed by atoms with Crippen LogP contribution in [-0.4, -0.2) is 26.8 Å². The minimum absolute atomic E-state index is 0.0464. The summed E-state index contributed by atoms with van der Waals surface area (Å²) in [7, 11) is -3.85. The van der Waals surface area contributed by atoms with E-state index in [4.69, 9.17) is 4.74 Å². The van der Waals surface area contributed by atoms with Crippen molar-refractivity contribution in [2.45, 2.75) is 17.7 Å². The molecule has 1 aliphatic rings. The van der Waals surface area contributed by atoms with Gasteiger partial charge in [0.2, 0.25) is 0 Å². The second-order valence-electron chi connectivity index (χ2n) is 8.16. The molecule has 0 spiro atoms. The van der Waals surface area contributed by atoms with E-state index in [1.54, 1.807) is 54.6 Å². The number of para-hydroxylation sites is 2. The number of nitrogens with one attached hydrogen (secondary N) is 1. The van der Waals surface area contributed by atoms with Crippen LogP contribution in [0.25, 0.3) is 0 Å². The molecule has 7 nitrogen and oxygen atoms in total. The van der Waals surface area contributed by atoms with Crippen LogP contribution >= 0.6 is 11.3 Å². The van der Waals surface area contributed by atoms with Crippen LogP contribution in [0.2, 0.25) is 0 Å². The van der Waals surface area contributed by atoms with Gasteiger partial charge in [0.05, 0.1) is 15.6 Å². The van der Waals surface area contributed by atoms with Gasteiger partial charge in [0.25, 0.3) is 15.9 Å². The van der Waals surface area contributed by atoms with Gasteiger partial charge in [-0.25, -0.2) is 13.2 Å². The Balaban J connectivity index is 1.32. The summed E-state index contributed by atoms with van der Waals surface area (Å²) in [6.07, 6.45) is 1.55. The highest BCUT2D eigenvalue weighted by molar-refractivity contribution is 7.92. The summed E-state index contributed by atoms with van der Waals surface area (Å²) in [5.74, 6) is -0.576. The van der Waals surface area contributed by atoms with Crippen molar-refractivity contribution in [2.75, 3.05) is 16.2 Å². The van der Waals surface area contributed by atoms with Crippen LogP contribution in [-0.2, 0) is 16.4 Å². The molecule has 2 heterocycles. The summed E-state index contributed by atoms with van der Waals surface area (Å²) in [6.45, 7) is 0.382. The molecule has 5 rings (SSSR count). The number of amides is 1. The number of anilines is 2.